The molecule has 2 aromatic carbocycles. The summed E-state index contributed by atoms with van der Waals surface area (Å²) in [5.41, 5.74) is 11.8. The van der Waals surface area contributed by atoms with Crippen LogP contribution in [-0.4, -0.2) is 56.3 Å². The van der Waals surface area contributed by atoms with E-state index in [9.17, 15) is 9.18 Å². The van der Waals surface area contributed by atoms with E-state index in [-0.39, 0.29) is 29.3 Å². The van der Waals surface area contributed by atoms with Gasteiger partial charge in [0, 0.05) is 41.5 Å². The maximum Gasteiger partial charge on any atom is 0.271 e. The van der Waals surface area contributed by atoms with Crippen molar-refractivity contribution in [2.75, 3.05) is 25.9 Å². The van der Waals surface area contributed by atoms with Gasteiger partial charge in [-0.05, 0) is 75.0 Å². The van der Waals surface area contributed by atoms with Gasteiger partial charge in [-0.3, -0.25) is 14.2 Å². The monoisotopic (exact) mass is 495 g/mol. The number of nitrogens with one attached hydrogen (secondary N) is 1. The third-order valence-electron chi connectivity index (χ3n) is 6.94. The van der Waals surface area contributed by atoms with Gasteiger partial charge in [-0.25, -0.2) is 14.4 Å². The molecular formula is C28H26FN7O. The van der Waals surface area contributed by atoms with Crippen LogP contribution in [0.4, 0.5) is 10.2 Å². The van der Waals surface area contributed by atoms with E-state index in [1.165, 1.54) is 12.1 Å². The number of pyridine rings is 1. The predicted octanol–water partition coefficient (Wildman–Crippen LogP) is 4.08. The summed E-state index contributed by atoms with van der Waals surface area (Å²) in [5, 5.41) is 4.08. The Morgan fingerprint density at radius 1 is 1.11 bits per heavy atom. The smallest absolute Gasteiger partial charge is 0.271 e. The van der Waals surface area contributed by atoms with Crippen LogP contribution in [0.1, 0.15) is 22.5 Å². The second kappa shape index (κ2) is 8.94. The van der Waals surface area contributed by atoms with Gasteiger partial charge < -0.3 is 16.0 Å². The molecule has 1 aliphatic rings. The highest BCUT2D eigenvalue weighted by Crippen LogP contribution is 2.35. The summed E-state index contributed by atoms with van der Waals surface area (Å²) < 4.78 is 15.6. The first-order chi connectivity index (χ1) is 17.9. The van der Waals surface area contributed by atoms with Crippen molar-refractivity contribution < 1.29 is 9.18 Å². The lowest BCUT2D eigenvalue weighted by Gasteiger charge is -2.14. The molecule has 0 spiro atoms. The Kier molecular flexibility index (Phi) is 5.57. The van der Waals surface area contributed by atoms with Gasteiger partial charge in [0.15, 0.2) is 11.5 Å². The standard InChI is InChI=1S/C28H26FN7O/c1-16-9-11-31-22-8-5-18(13-21(16)22)25-24(17-3-6-19(29)7-4-17)34-26(30)27-33-23(15-36(25)27)28(37)32-20-10-12-35(2)14-20/h3-9,11,13,15,20H,10,12,14H2,1-2H3,(H2,30,34)(H,32,37). The Morgan fingerprint density at radius 2 is 1.89 bits per heavy atom. The van der Waals surface area contributed by atoms with Gasteiger partial charge in [-0.2, -0.15) is 0 Å². The van der Waals surface area contributed by atoms with Crippen LogP contribution in [0, 0.1) is 12.7 Å². The number of carbonyl (C=O) groups excluding carboxylic acids is 1. The van der Waals surface area contributed by atoms with Gasteiger partial charge in [0.2, 0.25) is 0 Å². The van der Waals surface area contributed by atoms with E-state index >= 15 is 0 Å². The summed E-state index contributed by atoms with van der Waals surface area (Å²) in [6.45, 7) is 3.77. The van der Waals surface area contributed by atoms with Gasteiger partial charge in [-0.1, -0.05) is 6.07 Å². The molecule has 1 fully saturated rings. The molecule has 186 valence electrons. The SMILES string of the molecule is Cc1ccnc2ccc(-c3c(-c4ccc(F)cc4)nc(N)c4nc(C(=O)NC5CCN(C)C5)cn34)cc12. The summed E-state index contributed by atoms with van der Waals surface area (Å²) >= 11 is 0. The summed E-state index contributed by atoms with van der Waals surface area (Å²) in [5.74, 6) is -0.413. The molecule has 1 aliphatic heterocycles. The Morgan fingerprint density at radius 3 is 2.65 bits per heavy atom. The fourth-order valence-corrected chi connectivity index (χ4v) is 5.01. The zero-order valence-corrected chi connectivity index (χ0v) is 20.6. The van der Waals surface area contributed by atoms with Crippen LogP contribution in [0.2, 0.25) is 0 Å². The van der Waals surface area contributed by atoms with Crippen LogP contribution in [-0.2, 0) is 0 Å². The number of likely N-dealkylation sites (tertiary alicyclic amines) is 1. The molecule has 4 heterocycles. The van der Waals surface area contributed by atoms with Crippen molar-refractivity contribution in [2.24, 2.45) is 0 Å². The molecule has 3 aromatic heterocycles. The number of anilines is 1. The maximum absolute atomic E-state index is 13.7. The lowest BCUT2D eigenvalue weighted by atomic mass is 10.0. The van der Waals surface area contributed by atoms with Crippen molar-refractivity contribution in [2.45, 2.75) is 19.4 Å². The highest BCUT2D eigenvalue weighted by atomic mass is 19.1. The van der Waals surface area contributed by atoms with Crippen LogP contribution >= 0.6 is 0 Å². The molecule has 3 N–H and O–H groups in total. The highest BCUT2D eigenvalue weighted by molar-refractivity contribution is 5.95. The quantitative estimate of drug-likeness (QED) is 0.390. The van der Waals surface area contributed by atoms with Crippen molar-refractivity contribution in [1.29, 1.82) is 0 Å². The van der Waals surface area contributed by atoms with Crippen LogP contribution in [0.25, 0.3) is 39.1 Å². The van der Waals surface area contributed by atoms with Crippen molar-refractivity contribution >= 4 is 28.3 Å². The molecule has 0 bridgehead atoms. The Hall–Kier alpha value is -4.37. The first kappa shape index (κ1) is 23.1. The fourth-order valence-electron chi connectivity index (χ4n) is 5.01. The number of aryl methyl sites for hydroxylation is 1. The van der Waals surface area contributed by atoms with Crippen molar-refractivity contribution in [3.8, 4) is 22.5 Å². The van der Waals surface area contributed by atoms with E-state index in [4.69, 9.17) is 5.73 Å². The van der Waals surface area contributed by atoms with Gasteiger partial charge >= 0.3 is 0 Å². The maximum atomic E-state index is 13.7. The average molecular weight is 496 g/mol. The van der Waals surface area contributed by atoms with E-state index in [0.29, 0.717) is 22.6 Å². The van der Waals surface area contributed by atoms with Gasteiger partial charge in [-0.15, -0.1) is 0 Å². The topological polar surface area (TPSA) is 101 Å². The summed E-state index contributed by atoms with van der Waals surface area (Å²) in [6, 6.07) is 14.1. The predicted molar refractivity (Wildman–Crippen MR) is 142 cm³/mol. The molecule has 0 saturated carbocycles. The molecule has 1 unspecified atom stereocenters. The van der Waals surface area contributed by atoms with Crippen LogP contribution < -0.4 is 11.1 Å². The van der Waals surface area contributed by atoms with Gasteiger partial charge in [0.05, 0.1) is 16.9 Å². The molecule has 1 atom stereocenters. The van der Waals surface area contributed by atoms with Gasteiger partial charge in [0.25, 0.3) is 5.91 Å². The van der Waals surface area contributed by atoms with E-state index in [1.807, 2.05) is 42.6 Å². The van der Waals surface area contributed by atoms with E-state index in [2.05, 4.69) is 25.2 Å². The highest BCUT2D eigenvalue weighted by Gasteiger charge is 2.25. The minimum absolute atomic E-state index is 0.0722. The molecular weight excluding hydrogens is 469 g/mol. The second-order valence-electron chi connectivity index (χ2n) is 9.60. The van der Waals surface area contributed by atoms with Crippen LogP contribution in [0.15, 0.2) is 60.9 Å². The van der Waals surface area contributed by atoms with Gasteiger partial charge in [0.1, 0.15) is 11.5 Å². The first-order valence-corrected chi connectivity index (χ1v) is 12.2. The molecule has 0 radical (unpaired) electrons. The number of nitrogens with zero attached hydrogens (tertiary/aromatic N) is 5. The molecule has 37 heavy (non-hydrogen) atoms. The van der Waals surface area contributed by atoms with Crippen LogP contribution in [0.3, 0.4) is 0 Å². The number of nitrogens with two attached hydrogens (primary N) is 1. The Balaban J connectivity index is 1.55. The molecule has 1 saturated heterocycles. The molecule has 1 amide bonds. The number of benzene rings is 2. The molecule has 0 aliphatic carbocycles. The Bertz CT molecular complexity index is 1660. The number of amides is 1. The normalized spacial score (nSPS) is 16.0. The molecule has 5 aromatic rings. The lowest BCUT2D eigenvalue weighted by molar-refractivity contribution is 0.0934. The number of aromatic nitrogens is 4. The summed E-state index contributed by atoms with van der Waals surface area (Å²) in [6.07, 6.45) is 4.38. The number of hydrogen-bond acceptors (Lipinski definition) is 6. The van der Waals surface area contributed by atoms with Crippen LogP contribution in [0.5, 0.6) is 0 Å². The largest absolute Gasteiger partial charge is 0.381 e. The number of likely N-dealkylation sites (N-methyl/N-ethyl adjacent to an activating group) is 1. The number of fused-ring (bicyclic) bond motifs is 2. The minimum Gasteiger partial charge on any atom is -0.381 e. The number of carbonyl (C=O) groups is 1. The molecule has 6 rings (SSSR count). The number of hydrogen-bond donors (Lipinski definition) is 2. The zero-order chi connectivity index (χ0) is 25.7. The van der Waals surface area contributed by atoms with Crippen molar-refractivity contribution in [3.63, 3.8) is 0 Å². The lowest BCUT2D eigenvalue weighted by Crippen LogP contribution is -2.36. The fraction of sp³-hybridized carbons (Fsp3) is 0.214. The number of rotatable bonds is 4. The van der Waals surface area contributed by atoms with Crippen molar-refractivity contribution in [3.05, 3.63) is 78.0 Å². The van der Waals surface area contributed by atoms with Crippen molar-refractivity contribution in [1.82, 2.24) is 29.6 Å². The molecule has 8 nitrogen and oxygen atoms in total. The molecule has 9 heteroatoms. The third kappa shape index (κ3) is 4.17. The summed E-state index contributed by atoms with van der Waals surface area (Å²) in [4.78, 5) is 29.0. The van der Waals surface area contributed by atoms with E-state index < -0.39 is 0 Å². The van der Waals surface area contributed by atoms with E-state index in [1.54, 1.807) is 24.5 Å². The third-order valence-corrected chi connectivity index (χ3v) is 6.94. The second-order valence-corrected chi connectivity index (χ2v) is 9.60. The summed E-state index contributed by atoms with van der Waals surface area (Å²) in [7, 11) is 2.04. The minimum atomic E-state index is -0.342. The zero-order valence-electron chi connectivity index (χ0n) is 20.6. The number of imidazole rings is 1. The number of nitrogen functional groups attached to an aromatic ring is 1. The first-order valence-electron chi connectivity index (χ1n) is 12.2. The Labute approximate surface area is 213 Å². The average Bonchev–Trinajstić information content (AvgIpc) is 3.51. The number of halogens is 1. The van der Waals surface area contributed by atoms with E-state index in [0.717, 1.165) is 41.5 Å².